The molecule has 0 spiro atoms. The summed E-state index contributed by atoms with van der Waals surface area (Å²) in [6, 6.07) is 11.6. The van der Waals surface area contributed by atoms with Gasteiger partial charge in [0.05, 0.1) is 5.56 Å². The summed E-state index contributed by atoms with van der Waals surface area (Å²) in [4.78, 5) is 25.4. The van der Waals surface area contributed by atoms with E-state index in [1.54, 1.807) is 6.07 Å². The van der Waals surface area contributed by atoms with E-state index in [1.165, 1.54) is 24.0 Å². The molecule has 0 bridgehead atoms. The van der Waals surface area contributed by atoms with E-state index in [4.69, 9.17) is 0 Å². The highest BCUT2D eigenvalue weighted by molar-refractivity contribution is 5.94. The maximum absolute atomic E-state index is 12.5. The Morgan fingerprint density at radius 2 is 1.73 bits per heavy atom. The fourth-order valence-corrected chi connectivity index (χ4v) is 2.44. The lowest BCUT2D eigenvalue weighted by molar-refractivity contribution is -0.137. The van der Waals surface area contributed by atoms with E-state index >= 15 is 0 Å². The number of amides is 2. The van der Waals surface area contributed by atoms with Gasteiger partial charge in [-0.15, -0.1) is 0 Å². The summed E-state index contributed by atoms with van der Waals surface area (Å²) in [6.45, 7) is 3.49. The van der Waals surface area contributed by atoms with Crippen molar-refractivity contribution in [3.05, 3.63) is 59.7 Å². The molecule has 0 heterocycles. The largest absolute Gasteiger partial charge is 0.416 e. The molecular weight excluding hydrogens is 345 g/mol. The summed E-state index contributed by atoms with van der Waals surface area (Å²) in [5.74, 6) is -0.582. The van der Waals surface area contributed by atoms with Crippen molar-refractivity contribution in [1.82, 2.24) is 0 Å². The molecule has 0 aliphatic heterocycles. The summed E-state index contributed by atoms with van der Waals surface area (Å²) < 4.78 is 37.6. The highest BCUT2D eigenvalue weighted by Crippen LogP contribution is 2.29. The fourth-order valence-electron chi connectivity index (χ4n) is 2.44. The van der Waals surface area contributed by atoms with Gasteiger partial charge in [0, 0.05) is 31.3 Å². The third-order valence-corrected chi connectivity index (χ3v) is 3.75. The molecule has 0 atom stereocenters. The van der Waals surface area contributed by atoms with Crippen molar-refractivity contribution >= 4 is 23.2 Å². The Hall–Kier alpha value is -2.83. The molecule has 0 unspecified atom stereocenters. The van der Waals surface area contributed by atoms with Crippen LogP contribution < -0.4 is 10.2 Å². The molecule has 0 saturated carbocycles. The Balaban J connectivity index is 1.97. The number of carbonyl (C=O) groups is 2. The number of aryl methyl sites for hydroxylation is 1. The molecule has 0 aliphatic carbocycles. The first kappa shape index (κ1) is 19.5. The molecule has 0 saturated heterocycles. The second-order valence-corrected chi connectivity index (χ2v) is 5.88. The summed E-state index contributed by atoms with van der Waals surface area (Å²) in [6.07, 6.45) is -4.40. The van der Waals surface area contributed by atoms with Gasteiger partial charge < -0.3 is 10.2 Å². The van der Waals surface area contributed by atoms with Gasteiger partial charge in [-0.3, -0.25) is 9.59 Å². The molecule has 2 rings (SSSR count). The third-order valence-electron chi connectivity index (χ3n) is 3.75. The zero-order chi connectivity index (χ0) is 19.3. The van der Waals surface area contributed by atoms with Crippen molar-refractivity contribution in [3.8, 4) is 0 Å². The molecule has 26 heavy (non-hydrogen) atoms. The van der Waals surface area contributed by atoms with Gasteiger partial charge in [-0.05, 0) is 48.9 Å². The Bertz CT molecular complexity index is 786. The number of nitrogens with one attached hydrogen (secondary N) is 1. The van der Waals surface area contributed by atoms with E-state index in [9.17, 15) is 22.8 Å². The molecule has 7 heteroatoms. The van der Waals surface area contributed by atoms with Gasteiger partial charge >= 0.3 is 6.18 Å². The van der Waals surface area contributed by atoms with Crippen LogP contribution in [0.3, 0.4) is 0 Å². The van der Waals surface area contributed by atoms with E-state index in [1.807, 2.05) is 25.1 Å². The van der Waals surface area contributed by atoms with Crippen LogP contribution >= 0.6 is 0 Å². The lowest BCUT2D eigenvalue weighted by Crippen LogP contribution is -2.32. The Morgan fingerprint density at radius 1 is 1.08 bits per heavy atom. The van der Waals surface area contributed by atoms with Crippen LogP contribution in [0.2, 0.25) is 0 Å². The van der Waals surface area contributed by atoms with E-state index in [0.29, 0.717) is 5.69 Å². The molecule has 138 valence electrons. The number of hydrogen-bond donors (Lipinski definition) is 1. The molecule has 4 nitrogen and oxygen atoms in total. The van der Waals surface area contributed by atoms with Crippen molar-refractivity contribution in [2.45, 2.75) is 26.4 Å². The SMILES string of the molecule is CC(=O)N(CCC(=O)Nc1ccc(C(F)(F)F)cc1)c1cccc(C)c1. The number of nitrogens with zero attached hydrogens (tertiary/aromatic N) is 1. The average Bonchev–Trinajstić information content (AvgIpc) is 2.54. The van der Waals surface area contributed by atoms with Gasteiger partial charge in [0.25, 0.3) is 0 Å². The molecule has 2 aromatic rings. The number of alkyl halides is 3. The van der Waals surface area contributed by atoms with E-state index in [0.717, 1.165) is 17.7 Å². The van der Waals surface area contributed by atoms with E-state index in [-0.39, 0.29) is 30.5 Å². The first-order valence-electron chi connectivity index (χ1n) is 7.98. The van der Waals surface area contributed by atoms with Crippen molar-refractivity contribution in [2.24, 2.45) is 0 Å². The van der Waals surface area contributed by atoms with Gasteiger partial charge in [-0.1, -0.05) is 12.1 Å². The number of hydrogen-bond acceptors (Lipinski definition) is 2. The summed E-state index contributed by atoms with van der Waals surface area (Å²) in [5, 5.41) is 2.53. The number of carbonyl (C=O) groups excluding carboxylic acids is 2. The summed E-state index contributed by atoms with van der Waals surface area (Å²) in [7, 11) is 0. The molecule has 0 radical (unpaired) electrons. The molecule has 1 N–H and O–H groups in total. The van der Waals surface area contributed by atoms with Gasteiger partial charge in [0.1, 0.15) is 0 Å². The number of halogens is 3. The first-order chi connectivity index (χ1) is 12.2. The van der Waals surface area contributed by atoms with Crippen molar-refractivity contribution in [1.29, 1.82) is 0 Å². The second kappa shape index (κ2) is 8.03. The smallest absolute Gasteiger partial charge is 0.326 e. The lowest BCUT2D eigenvalue weighted by atomic mass is 10.2. The monoisotopic (exact) mass is 364 g/mol. The van der Waals surface area contributed by atoms with Gasteiger partial charge in [-0.25, -0.2) is 0 Å². The maximum Gasteiger partial charge on any atom is 0.416 e. The van der Waals surface area contributed by atoms with Crippen molar-refractivity contribution < 1.29 is 22.8 Å². The lowest BCUT2D eigenvalue weighted by Gasteiger charge is -2.21. The number of anilines is 2. The molecular formula is C19H19F3N2O2. The summed E-state index contributed by atoms with van der Waals surface area (Å²) in [5.41, 5.74) is 1.17. The van der Waals surface area contributed by atoms with Crippen LogP contribution in [0, 0.1) is 6.92 Å². The van der Waals surface area contributed by atoms with Crippen LogP contribution in [-0.2, 0) is 15.8 Å². The molecule has 2 aromatic carbocycles. The minimum Gasteiger partial charge on any atom is -0.326 e. The molecule has 0 fully saturated rings. The van der Waals surface area contributed by atoms with Gasteiger partial charge in [0.2, 0.25) is 11.8 Å². The average molecular weight is 364 g/mol. The normalized spacial score (nSPS) is 11.1. The van der Waals surface area contributed by atoms with Crippen molar-refractivity contribution in [3.63, 3.8) is 0 Å². The number of benzene rings is 2. The highest BCUT2D eigenvalue weighted by atomic mass is 19.4. The quantitative estimate of drug-likeness (QED) is 0.855. The highest BCUT2D eigenvalue weighted by Gasteiger charge is 2.30. The standard InChI is InChI=1S/C19H19F3N2O2/c1-13-4-3-5-17(12-13)24(14(2)25)11-10-18(26)23-16-8-6-15(7-9-16)19(20,21)22/h3-9,12H,10-11H2,1-2H3,(H,23,26). The predicted octanol–water partition coefficient (Wildman–Crippen LogP) is 4.40. The zero-order valence-corrected chi connectivity index (χ0v) is 14.4. The van der Waals surface area contributed by atoms with Crippen LogP contribution in [0.1, 0.15) is 24.5 Å². The molecule has 0 aromatic heterocycles. The van der Waals surface area contributed by atoms with Crippen LogP contribution in [0.25, 0.3) is 0 Å². The molecule has 2 amide bonds. The Labute approximate surface area is 149 Å². The number of rotatable bonds is 5. The minimum atomic E-state index is -4.42. The fraction of sp³-hybridized carbons (Fsp3) is 0.263. The predicted molar refractivity (Wildman–Crippen MR) is 93.9 cm³/mol. The third kappa shape index (κ3) is 5.34. The van der Waals surface area contributed by atoms with Crippen molar-refractivity contribution in [2.75, 3.05) is 16.8 Å². The summed E-state index contributed by atoms with van der Waals surface area (Å²) >= 11 is 0. The Morgan fingerprint density at radius 3 is 2.27 bits per heavy atom. The minimum absolute atomic E-state index is 0.0224. The zero-order valence-electron chi connectivity index (χ0n) is 14.4. The Kier molecular flexibility index (Phi) is 6.02. The van der Waals surface area contributed by atoms with E-state index in [2.05, 4.69) is 5.32 Å². The first-order valence-corrected chi connectivity index (χ1v) is 7.98. The second-order valence-electron chi connectivity index (χ2n) is 5.88. The topological polar surface area (TPSA) is 49.4 Å². The van der Waals surface area contributed by atoms with Gasteiger partial charge in [-0.2, -0.15) is 13.2 Å². The van der Waals surface area contributed by atoms with E-state index < -0.39 is 11.7 Å². The molecule has 0 aliphatic rings. The van der Waals surface area contributed by atoms with Crippen LogP contribution in [0.5, 0.6) is 0 Å². The maximum atomic E-state index is 12.5. The van der Waals surface area contributed by atoms with Gasteiger partial charge in [0.15, 0.2) is 0 Å². The van der Waals surface area contributed by atoms with Crippen LogP contribution in [0.4, 0.5) is 24.5 Å². The van der Waals surface area contributed by atoms with Crippen LogP contribution in [0.15, 0.2) is 48.5 Å². The van der Waals surface area contributed by atoms with Crippen LogP contribution in [-0.4, -0.2) is 18.4 Å².